The van der Waals surface area contributed by atoms with Gasteiger partial charge in [-0.25, -0.2) is 9.59 Å². The largest absolute Gasteiger partial charge is 0.493 e. The van der Waals surface area contributed by atoms with Crippen LogP contribution in [0.1, 0.15) is 45.4 Å². The molecule has 0 unspecified atom stereocenters. The number of anilines is 1. The predicted octanol–water partition coefficient (Wildman–Crippen LogP) is 5.52. The molecule has 4 rings (SSSR count). The Kier molecular flexibility index (Phi) is 10.2. The van der Waals surface area contributed by atoms with E-state index in [1.54, 1.807) is 61.6 Å². The van der Waals surface area contributed by atoms with Crippen molar-refractivity contribution in [2.75, 3.05) is 39.2 Å². The summed E-state index contributed by atoms with van der Waals surface area (Å²) in [7, 11) is 3.20. The van der Waals surface area contributed by atoms with Crippen molar-refractivity contribution in [3.05, 3.63) is 75.5 Å². The molecule has 41 heavy (non-hydrogen) atoms. The number of nitrogens with one attached hydrogen (secondary N) is 1. The van der Waals surface area contributed by atoms with Gasteiger partial charge in [0.25, 0.3) is 0 Å². The van der Waals surface area contributed by atoms with Crippen LogP contribution < -0.4 is 14.8 Å². The van der Waals surface area contributed by atoms with Crippen molar-refractivity contribution >= 4 is 34.9 Å². The Bertz CT molecular complexity index is 1350. The molecule has 1 N–H and O–H groups in total. The second kappa shape index (κ2) is 14.0. The lowest BCUT2D eigenvalue weighted by Crippen LogP contribution is -2.45. The maximum absolute atomic E-state index is 13.7. The van der Waals surface area contributed by atoms with Gasteiger partial charge in [-0.3, -0.25) is 4.79 Å². The van der Waals surface area contributed by atoms with Crippen molar-refractivity contribution in [2.45, 2.75) is 45.7 Å². The fourth-order valence-electron chi connectivity index (χ4n) is 4.45. The number of urea groups is 1. The molecule has 2 aromatic carbocycles. The molecule has 0 aliphatic heterocycles. The molecule has 0 spiro atoms. The second-order valence-electron chi connectivity index (χ2n) is 9.85. The summed E-state index contributed by atoms with van der Waals surface area (Å²) in [5, 5.41) is 2.88. The number of rotatable bonds is 13. The van der Waals surface area contributed by atoms with Crippen LogP contribution in [-0.4, -0.2) is 67.7 Å². The van der Waals surface area contributed by atoms with Crippen molar-refractivity contribution in [3.63, 3.8) is 0 Å². The average Bonchev–Trinajstić information content (AvgIpc) is 3.74. The second-order valence-corrected chi connectivity index (χ2v) is 11.2. The molecular formula is C31H37N3O6S. The summed E-state index contributed by atoms with van der Waals surface area (Å²) >= 11 is 1.66. The van der Waals surface area contributed by atoms with Crippen LogP contribution in [0.5, 0.6) is 11.5 Å². The molecule has 10 heteroatoms. The van der Waals surface area contributed by atoms with Crippen LogP contribution in [0.25, 0.3) is 0 Å². The molecule has 1 saturated carbocycles. The van der Waals surface area contributed by atoms with Crippen LogP contribution in [0.4, 0.5) is 10.5 Å². The Morgan fingerprint density at radius 2 is 1.71 bits per heavy atom. The zero-order valence-corrected chi connectivity index (χ0v) is 24.8. The van der Waals surface area contributed by atoms with E-state index in [9.17, 15) is 14.4 Å². The van der Waals surface area contributed by atoms with Gasteiger partial charge in [-0.05, 0) is 87.2 Å². The fraction of sp³-hybridized carbons (Fsp3) is 0.387. The first kappa shape index (κ1) is 29.9. The van der Waals surface area contributed by atoms with Gasteiger partial charge in [0.1, 0.15) is 6.54 Å². The first-order valence-electron chi connectivity index (χ1n) is 13.7. The number of ether oxygens (including phenoxy) is 3. The number of carbonyl (C=O) groups is 3. The molecular weight excluding hydrogens is 542 g/mol. The van der Waals surface area contributed by atoms with Gasteiger partial charge < -0.3 is 29.3 Å². The molecule has 3 aromatic rings. The van der Waals surface area contributed by atoms with Gasteiger partial charge in [-0.1, -0.05) is 6.07 Å². The highest BCUT2D eigenvalue weighted by Crippen LogP contribution is 2.29. The van der Waals surface area contributed by atoms with Gasteiger partial charge in [0.2, 0.25) is 5.91 Å². The van der Waals surface area contributed by atoms with Gasteiger partial charge in [0, 0.05) is 28.0 Å². The van der Waals surface area contributed by atoms with Crippen LogP contribution in [0.2, 0.25) is 0 Å². The summed E-state index contributed by atoms with van der Waals surface area (Å²) in [5.74, 6) is 0.768. The minimum atomic E-state index is -0.412. The highest BCUT2D eigenvalue weighted by atomic mass is 32.1. The Morgan fingerprint density at radius 3 is 2.32 bits per heavy atom. The summed E-state index contributed by atoms with van der Waals surface area (Å²) in [5.41, 5.74) is 1.97. The number of amides is 3. The van der Waals surface area contributed by atoms with Crippen molar-refractivity contribution in [1.29, 1.82) is 0 Å². The Morgan fingerprint density at radius 1 is 0.976 bits per heavy atom. The predicted molar refractivity (Wildman–Crippen MR) is 159 cm³/mol. The summed E-state index contributed by atoms with van der Waals surface area (Å²) in [4.78, 5) is 44.6. The van der Waals surface area contributed by atoms with Crippen molar-refractivity contribution in [3.8, 4) is 11.5 Å². The number of methoxy groups -OCH3 is 2. The standard InChI is InChI=1S/C31H37N3O6S/c1-5-40-30(36)23-8-10-24(11-9-23)32-31(37)34(25-12-13-25)20-29(35)33(19-26-14-6-21(2)41-26)17-16-22-7-15-27(38-3)28(18-22)39-4/h6-11,14-15,18,25H,5,12-13,16-17,19-20H2,1-4H3,(H,32,37). The average molecular weight is 580 g/mol. The lowest BCUT2D eigenvalue weighted by Gasteiger charge is -2.28. The smallest absolute Gasteiger partial charge is 0.338 e. The van der Waals surface area contributed by atoms with Crippen molar-refractivity contribution in [1.82, 2.24) is 9.80 Å². The monoisotopic (exact) mass is 579 g/mol. The van der Waals surface area contributed by atoms with Gasteiger partial charge in [0.05, 0.1) is 32.9 Å². The molecule has 1 heterocycles. The van der Waals surface area contributed by atoms with Crippen molar-refractivity contribution in [2.24, 2.45) is 0 Å². The number of nitrogens with zero attached hydrogens (tertiary/aromatic N) is 2. The van der Waals surface area contributed by atoms with Crippen LogP contribution in [-0.2, 0) is 22.5 Å². The van der Waals surface area contributed by atoms with Gasteiger partial charge >= 0.3 is 12.0 Å². The number of carbonyl (C=O) groups excluding carboxylic acids is 3. The Hall–Kier alpha value is -4.05. The minimum absolute atomic E-state index is 0.0201. The van der Waals surface area contributed by atoms with E-state index in [1.165, 1.54) is 4.88 Å². The van der Waals surface area contributed by atoms with E-state index in [2.05, 4.69) is 5.32 Å². The molecule has 1 aliphatic carbocycles. The van der Waals surface area contributed by atoms with Crippen LogP contribution in [0.3, 0.4) is 0 Å². The van der Waals surface area contributed by atoms with Gasteiger partial charge in [-0.15, -0.1) is 11.3 Å². The Labute approximate surface area is 245 Å². The minimum Gasteiger partial charge on any atom is -0.493 e. The third kappa shape index (κ3) is 8.23. The maximum atomic E-state index is 13.7. The molecule has 0 atom stereocenters. The summed E-state index contributed by atoms with van der Waals surface area (Å²) < 4.78 is 15.8. The third-order valence-corrected chi connectivity index (χ3v) is 7.80. The van der Waals surface area contributed by atoms with Gasteiger partial charge in [-0.2, -0.15) is 0 Å². The van der Waals surface area contributed by atoms with E-state index in [0.29, 0.717) is 48.9 Å². The number of hydrogen-bond donors (Lipinski definition) is 1. The zero-order chi connectivity index (χ0) is 29.4. The van der Waals surface area contributed by atoms with Crippen LogP contribution in [0, 0.1) is 6.92 Å². The molecule has 1 aromatic heterocycles. The molecule has 0 bridgehead atoms. The van der Waals surface area contributed by atoms with E-state index in [-0.39, 0.29) is 24.5 Å². The quantitative estimate of drug-likeness (QED) is 0.268. The van der Waals surface area contributed by atoms with Gasteiger partial charge in [0.15, 0.2) is 11.5 Å². The highest BCUT2D eigenvalue weighted by molar-refractivity contribution is 7.11. The van der Waals surface area contributed by atoms with E-state index in [4.69, 9.17) is 14.2 Å². The van der Waals surface area contributed by atoms with E-state index in [1.807, 2.05) is 42.2 Å². The van der Waals surface area contributed by atoms with Crippen LogP contribution in [0.15, 0.2) is 54.6 Å². The summed E-state index contributed by atoms with van der Waals surface area (Å²) in [6, 6.07) is 16.1. The Balaban J connectivity index is 1.44. The van der Waals surface area contributed by atoms with E-state index in [0.717, 1.165) is 23.3 Å². The molecule has 1 aliphatic rings. The first-order chi connectivity index (χ1) is 19.8. The summed E-state index contributed by atoms with van der Waals surface area (Å²) in [6.07, 6.45) is 2.34. The normalized spacial score (nSPS) is 12.4. The molecule has 3 amide bonds. The third-order valence-electron chi connectivity index (χ3n) is 6.82. The number of thiophene rings is 1. The number of hydrogen-bond acceptors (Lipinski definition) is 7. The zero-order valence-electron chi connectivity index (χ0n) is 24.0. The number of esters is 1. The van der Waals surface area contributed by atoms with Crippen molar-refractivity contribution < 1.29 is 28.6 Å². The number of aryl methyl sites for hydroxylation is 1. The molecule has 0 saturated heterocycles. The molecule has 0 radical (unpaired) electrons. The maximum Gasteiger partial charge on any atom is 0.338 e. The SMILES string of the molecule is CCOC(=O)c1ccc(NC(=O)N(CC(=O)N(CCc2ccc(OC)c(OC)c2)Cc2ccc(C)s2)C2CC2)cc1. The fourth-order valence-corrected chi connectivity index (χ4v) is 5.35. The van der Waals surface area contributed by atoms with E-state index < -0.39 is 5.97 Å². The highest BCUT2D eigenvalue weighted by Gasteiger charge is 2.35. The summed E-state index contributed by atoms with van der Waals surface area (Å²) in [6.45, 7) is 5.02. The molecule has 218 valence electrons. The van der Waals surface area contributed by atoms with E-state index >= 15 is 0 Å². The molecule has 1 fully saturated rings. The van der Waals surface area contributed by atoms with Crippen LogP contribution >= 0.6 is 11.3 Å². The lowest BCUT2D eigenvalue weighted by molar-refractivity contribution is -0.132. The number of benzene rings is 2. The lowest BCUT2D eigenvalue weighted by atomic mass is 10.1. The topological polar surface area (TPSA) is 97.4 Å². The molecule has 9 nitrogen and oxygen atoms in total. The first-order valence-corrected chi connectivity index (χ1v) is 14.5.